The van der Waals surface area contributed by atoms with Gasteiger partial charge in [0.05, 0.1) is 12.5 Å². The van der Waals surface area contributed by atoms with E-state index in [0.717, 1.165) is 12.1 Å². The number of halogens is 3. The quantitative estimate of drug-likeness (QED) is 0.847. The number of nitrogens with one attached hydrogen (secondary N) is 1. The van der Waals surface area contributed by atoms with Gasteiger partial charge in [-0.25, -0.2) is 0 Å². The van der Waals surface area contributed by atoms with E-state index in [2.05, 4.69) is 10.1 Å². The number of ether oxygens (including phenoxy) is 1. The molecule has 1 aromatic carbocycles. The van der Waals surface area contributed by atoms with Gasteiger partial charge in [0.1, 0.15) is 5.75 Å². The zero-order valence-electron chi connectivity index (χ0n) is 11.1. The summed E-state index contributed by atoms with van der Waals surface area (Å²) in [4.78, 5) is 21.8. The lowest BCUT2D eigenvalue weighted by Gasteiger charge is -2.15. The number of amides is 1. The Hall–Kier alpha value is -2.25. The molecule has 5 nitrogen and oxygen atoms in total. The first kappa shape index (κ1) is 16.8. The number of hydrogen-bond acceptors (Lipinski definition) is 3. The molecule has 8 heteroatoms. The molecule has 0 aliphatic heterocycles. The lowest BCUT2D eigenvalue weighted by molar-refractivity contribution is -0.274. The predicted octanol–water partition coefficient (Wildman–Crippen LogP) is 2.63. The fraction of sp³-hybridized carbons (Fsp3) is 0.385. The Bertz CT molecular complexity index is 499. The van der Waals surface area contributed by atoms with Crippen LogP contribution in [0.15, 0.2) is 24.3 Å². The summed E-state index contributed by atoms with van der Waals surface area (Å²) in [6.45, 7) is 1.64. The second-order valence-corrected chi connectivity index (χ2v) is 4.30. The van der Waals surface area contributed by atoms with E-state index < -0.39 is 24.3 Å². The minimum atomic E-state index is -4.75. The van der Waals surface area contributed by atoms with Gasteiger partial charge >= 0.3 is 12.3 Å². The number of aliphatic carboxylic acids is 1. The highest BCUT2D eigenvalue weighted by atomic mass is 19.4. The highest BCUT2D eigenvalue weighted by Crippen LogP contribution is 2.24. The van der Waals surface area contributed by atoms with Crippen LogP contribution in [0.25, 0.3) is 0 Å². The Morgan fingerprint density at radius 2 is 1.81 bits per heavy atom. The minimum Gasteiger partial charge on any atom is -0.481 e. The van der Waals surface area contributed by atoms with E-state index in [1.807, 2.05) is 0 Å². The van der Waals surface area contributed by atoms with Crippen LogP contribution < -0.4 is 10.1 Å². The molecular formula is C13H14F3NO4. The lowest BCUT2D eigenvalue weighted by Crippen LogP contribution is -2.26. The summed E-state index contributed by atoms with van der Waals surface area (Å²) in [6, 6.07) is 4.61. The molecule has 1 aromatic rings. The third kappa shape index (κ3) is 6.64. The van der Waals surface area contributed by atoms with Crippen LogP contribution in [0.3, 0.4) is 0 Å². The van der Waals surface area contributed by atoms with Gasteiger partial charge in [-0.15, -0.1) is 13.2 Å². The summed E-state index contributed by atoms with van der Waals surface area (Å²) in [7, 11) is 0. The van der Waals surface area contributed by atoms with Crippen LogP contribution in [0.2, 0.25) is 0 Å². The molecule has 1 atom stereocenters. The first-order valence-electron chi connectivity index (χ1n) is 6.04. The molecule has 0 aromatic heterocycles. The van der Waals surface area contributed by atoms with Crippen molar-refractivity contribution in [3.8, 4) is 5.75 Å². The van der Waals surface area contributed by atoms with E-state index in [4.69, 9.17) is 5.11 Å². The third-order valence-corrected chi connectivity index (χ3v) is 2.56. The number of rotatable bonds is 6. The van der Waals surface area contributed by atoms with Crippen LogP contribution in [0.4, 0.5) is 13.2 Å². The highest BCUT2D eigenvalue weighted by molar-refractivity contribution is 5.80. The summed E-state index contributed by atoms with van der Waals surface area (Å²) < 4.78 is 39.7. The molecule has 0 fully saturated rings. The van der Waals surface area contributed by atoms with Crippen molar-refractivity contribution in [2.24, 2.45) is 0 Å². The highest BCUT2D eigenvalue weighted by Gasteiger charge is 2.31. The van der Waals surface area contributed by atoms with E-state index in [0.29, 0.717) is 5.56 Å². The van der Waals surface area contributed by atoms with E-state index in [1.54, 1.807) is 6.92 Å². The monoisotopic (exact) mass is 305 g/mol. The zero-order valence-corrected chi connectivity index (χ0v) is 11.1. The predicted molar refractivity (Wildman–Crippen MR) is 66.6 cm³/mol. The molecule has 1 amide bonds. The molecular weight excluding hydrogens is 291 g/mol. The van der Waals surface area contributed by atoms with Crippen LogP contribution in [0.1, 0.15) is 31.4 Å². The summed E-state index contributed by atoms with van der Waals surface area (Å²) in [5.74, 6) is -1.87. The normalized spacial score (nSPS) is 12.6. The van der Waals surface area contributed by atoms with Crippen molar-refractivity contribution in [2.75, 3.05) is 0 Å². The van der Waals surface area contributed by atoms with Crippen LogP contribution in [0, 0.1) is 0 Å². The van der Waals surface area contributed by atoms with E-state index in [-0.39, 0.29) is 18.6 Å². The van der Waals surface area contributed by atoms with Gasteiger partial charge in [0, 0.05) is 6.42 Å². The Morgan fingerprint density at radius 1 is 1.24 bits per heavy atom. The molecule has 2 N–H and O–H groups in total. The number of carboxylic acids is 1. The second kappa shape index (κ2) is 6.96. The summed E-state index contributed by atoms with van der Waals surface area (Å²) in [6.07, 6.45) is -5.19. The van der Waals surface area contributed by atoms with E-state index in [1.165, 1.54) is 12.1 Å². The number of hydrogen-bond donors (Lipinski definition) is 2. The van der Waals surface area contributed by atoms with Gasteiger partial charge in [0.2, 0.25) is 5.91 Å². The first-order valence-corrected chi connectivity index (χ1v) is 6.04. The number of carboxylic acid groups (broad SMARTS) is 1. The molecule has 1 rings (SSSR count). The van der Waals surface area contributed by atoms with Gasteiger partial charge in [0.15, 0.2) is 0 Å². The van der Waals surface area contributed by atoms with E-state index in [9.17, 15) is 22.8 Å². The summed E-state index contributed by atoms with van der Waals surface area (Å²) in [5.41, 5.74) is 0.577. The Kier molecular flexibility index (Phi) is 5.57. The SMILES string of the molecule is C[C@H](NC(=O)CCC(=O)O)c1ccc(OC(F)(F)F)cc1. The minimum absolute atomic E-state index is 0.158. The van der Waals surface area contributed by atoms with Crippen LogP contribution in [-0.2, 0) is 9.59 Å². The van der Waals surface area contributed by atoms with Gasteiger partial charge in [-0.1, -0.05) is 12.1 Å². The molecule has 21 heavy (non-hydrogen) atoms. The zero-order chi connectivity index (χ0) is 16.0. The number of carbonyl (C=O) groups is 2. The van der Waals surface area contributed by atoms with Crippen molar-refractivity contribution in [2.45, 2.75) is 32.2 Å². The molecule has 0 aliphatic rings. The second-order valence-electron chi connectivity index (χ2n) is 4.30. The molecule has 0 radical (unpaired) electrons. The Balaban J connectivity index is 2.56. The van der Waals surface area contributed by atoms with E-state index >= 15 is 0 Å². The van der Waals surface area contributed by atoms with Gasteiger partial charge in [-0.05, 0) is 24.6 Å². The molecule has 0 bridgehead atoms. The molecule has 0 heterocycles. The van der Waals surface area contributed by atoms with Crippen molar-refractivity contribution in [1.82, 2.24) is 5.32 Å². The average Bonchev–Trinajstić information content (AvgIpc) is 2.35. The Morgan fingerprint density at radius 3 is 2.29 bits per heavy atom. The van der Waals surface area contributed by atoms with Crippen molar-refractivity contribution < 1.29 is 32.6 Å². The first-order chi connectivity index (χ1) is 9.67. The topological polar surface area (TPSA) is 75.6 Å². The number of carbonyl (C=O) groups excluding carboxylic acids is 1. The maximum absolute atomic E-state index is 12.0. The van der Waals surface area contributed by atoms with Crippen molar-refractivity contribution >= 4 is 11.9 Å². The summed E-state index contributed by atoms with van der Waals surface area (Å²) in [5, 5.41) is 11.0. The molecule has 0 saturated heterocycles. The third-order valence-electron chi connectivity index (χ3n) is 2.56. The molecule has 0 spiro atoms. The van der Waals surface area contributed by atoms with Crippen molar-refractivity contribution in [3.05, 3.63) is 29.8 Å². The van der Waals surface area contributed by atoms with Crippen molar-refractivity contribution in [3.63, 3.8) is 0 Å². The maximum Gasteiger partial charge on any atom is 0.573 e. The van der Waals surface area contributed by atoms with Gasteiger partial charge in [-0.3, -0.25) is 9.59 Å². The van der Waals surface area contributed by atoms with Crippen LogP contribution >= 0.6 is 0 Å². The summed E-state index contributed by atoms with van der Waals surface area (Å²) >= 11 is 0. The van der Waals surface area contributed by atoms with Crippen LogP contribution in [0.5, 0.6) is 5.75 Å². The number of benzene rings is 1. The fourth-order valence-corrected chi connectivity index (χ4v) is 1.58. The number of alkyl halides is 3. The average molecular weight is 305 g/mol. The standard InChI is InChI=1S/C13H14F3NO4/c1-8(17-11(18)6-7-12(19)20)9-2-4-10(5-3-9)21-13(14,15)16/h2-5,8H,6-7H2,1H3,(H,17,18)(H,19,20)/t8-/m0/s1. The molecule has 116 valence electrons. The largest absolute Gasteiger partial charge is 0.573 e. The van der Waals surface area contributed by atoms with Gasteiger partial charge < -0.3 is 15.2 Å². The van der Waals surface area contributed by atoms with Crippen LogP contribution in [-0.4, -0.2) is 23.3 Å². The molecule has 0 unspecified atom stereocenters. The van der Waals surface area contributed by atoms with Gasteiger partial charge in [0.25, 0.3) is 0 Å². The lowest BCUT2D eigenvalue weighted by atomic mass is 10.1. The smallest absolute Gasteiger partial charge is 0.481 e. The van der Waals surface area contributed by atoms with Crippen molar-refractivity contribution in [1.29, 1.82) is 0 Å². The van der Waals surface area contributed by atoms with Gasteiger partial charge in [-0.2, -0.15) is 0 Å². The molecule has 0 aliphatic carbocycles. The fourth-order valence-electron chi connectivity index (χ4n) is 1.58. The maximum atomic E-state index is 12.0. The Labute approximate surface area is 118 Å². The molecule has 0 saturated carbocycles.